The minimum atomic E-state index is -0.504. The Labute approximate surface area is 126 Å². The van der Waals surface area contributed by atoms with Gasteiger partial charge in [-0.3, -0.25) is 4.79 Å². The molecule has 1 aromatic rings. The molecule has 4 nitrogen and oxygen atoms in total. The van der Waals surface area contributed by atoms with E-state index in [1.165, 1.54) is 0 Å². The van der Waals surface area contributed by atoms with Crippen molar-refractivity contribution in [2.45, 2.75) is 31.6 Å². The van der Waals surface area contributed by atoms with Gasteiger partial charge < -0.3 is 14.2 Å². The van der Waals surface area contributed by atoms with Crippen molar-refractivity contribution in [3.8, 4) is 0 Å². The Hall–Kier alpha value is -1.33. The summed E-state index contributed by atoms with van der Waals surface area (Å²) in [6, 6.07) is 9.85. The molecule has 4 atom stereocenters. The highest BCUT2D eigenvalue weighted by molar-refractivity contribution is 6.11. The summed E-state index contributed by atoms with van der Waals surface area (Å²) in [5.41, 5.74) is 0.491. The zero-order valence-electron chi connectivity index (χ0n) is 12.6. The van der Waals surface area contributed by atoms with Crippen LogP contribution in [0, 0.1) is 11.8 Å². The van der Waals surface area contributed by atoms with Crippen molar-refractivity contribution in [3.63, 3.8) is 0 Å². The molecule has 1 unspecified atom stereocenters. The summed E-state index contributed by atoms with van der Waals surface area (Å²) in [5, 5.41) is 0. The predicted octanol–water partition coefficient (Wildman–Crippen LogP) is 1.13. The third kappa shape index (κ3) is 2.85. The van der Waals surface area contributed by atoms with Crippen molar-refractivity contribution in [3.05, 3.63) is 35.9 Å². The van der Waals surface area contributed by atoms with Gasteiger partial charge in [0.25, 0.3) is 0 Å². The number of carbonyl (C=O) groups is 1. The van der Waals surface area contributed by atoms with Crippen LogP contribution in [0.1, 0.15) is 18.9 Å². The van der Waals surface area contributed by atoms with Crippen molar-refractivity contribution in [1.29, 1.82) is 0 Å². The summed E-state index contributed by atoms with van der Waals surface area (Å²) in [6.45, 7) is 3.67. The van der Waals surface area contributed by atoms with Gasteiger partial charge in [-0.25, -0.2) is 0 Å². The summed E-state index contributed by atoms with van der Waals surface area (Å²) < 4.78 is 17.1. The number of benzene rings is 1. The predicted molar refractivity (Wildman–Crippen MR) is 80.5 cm³/mol. The van der Waals surface area contributed by atoms with E-state index in [1.807, 2.05) is 30.3 Å². The van der Waals surface area contributed by atoms with Crippen LogP contribution in [0.25, 0.3) is 0 Å². The average molecular weight is 288 g/mol. The summed E-state index contributed by atoms with van der Waals surface area (Å²) in [5.74, 6) is 0.482. The lowest BCUT2D eigenvalue weighted by atomic mass is 9.74. The molecule has 0 aromatic heterocycles. The highest BCUT2D eigenvalue weighted by atomic mass is 16.6. The smallest absolute Gasteiger partial charge is 0.309 e. The van der Waals surface area contributed by atoms with E-state index in [0.29, 0.717) is 25.0 Å². The second-order valence-corrected chi connectivity index (χ2v) is 6.18. The second kappa shape index (κ2) is 5.81. The average Bonchev–Trinajstić information content (AvgIpc) is 2.62. The van der Waals surface area contributed by atoms with E-state index in [1.54, 1.807) is 0 Å². The molecule has 0 spiro atoms. The number of hydrogen-bond acceptors (Lipinski definition) is 4. The minimum absolute atomic E-state index is 0.143. The van der Waals surface area contributed by atoms with Crippen LogP contribution in [0.15, 0.2) is 30.3 Å². The SMILES string of the molecule is B[C@@H]1O[C@@]2(CC(=O)OCc3ccccc3)COCC1[C@H]2C. The van der Waals surface area contributed by atoms with Crippen molar-refractivity contribution in [1.82, 2.24) is 0 Å². The van der Waals surface area contributed by atoms with Crippen molar-refractivity contribution in [2.24, 2.45) is 11.8 Å². The standard InChI is InChI=1S/C16H21BO4/c1-11-13-9-19-10-16(11,21-15(13)17)7-14(18)20-8-12-5-3-2-4-6-12/h2-6,11,13,15H,7-10,17H2,1H3/t11-,13?,15-,16+/m1/s1. The molecule has 2 bridgehead atoms. The molecule has 2 saturated heterocycles. The molecular weight excluding hydrogens is 267 g/mol. The van der Waals surface area contributed by atoms with Gasteiger partial charge in [-0.05, 0) is 11.5 Å². The molecule has 2 aliphatic rings. The number of esters is 1. The lowest BCUT2D eigenvalue weighted by Crippen LogP contribution is -2.46. The van der Waals surface area contributed by atoms with Gasteiger partial charge in [0.2, 0.25) is 0 Å². The molecule has 0 N–H and O–H groups in total. The number of carbonyl (C=O) groups excluding carboxylic acids is 1. The monoisotopic (exact) mass is 288 g/mol. The quantitative estimate of drug-likeness (QED) is 0.615. The summed E-state index contributed by atoms with van der Waals surface area (Å²) in [7, 11) is 2.06. The first-order valence-corrected chi connectivity index (χ1v) is 7.56. The zero-order valence-corrected chi connectivity index (χ0v) is 12.6. The third-order valence-corrected chi connectivity index (χ3v) is 4.84. The summed E-state index contributed by atoms with van der Waals surface area (Å²) in [6.07, 6.45) is 0.266. The molecule has 0 aliphatic carbocycles. The molecule has 112 valence electrons. The second-order valence-electron chi connectivity index (χ2n) is 6.18. The van der Waals surface area contributed by atoms with Crippen LogP contribution in [0.3, 0.4) is 0 Å². The first kappa shape index (κ1) is 14.6. The van der Waals surface area contributed by atoms with E-state index < -0.39 is 5.60 Å². The van der Waals surface area contributed by atoms with E-state index in [9.17, 15) is 4.79 Å². The Morgan fingerprint density at radius 2 is 2.19 bits per heavy atom. The fraction of sp³-hybridized carbons (Fsp3) is 0.562. The molecule has 21 heavy (non-hydrogen) atoms. The summed E-state index contributed by atoms with van der Waals surface area (Å²) >= 11 is 0. The molecule has 3 rings (SSSR count). The highest BCUT2D eigenvalue weighted by Crippen LogP contribution is 2.45. The molecule has 2 aliphatic heterocycles. The van der Waals surface area contributed by atoms with Crippen molar-refractivity contribution < 1.29 is 19.0 Å². The molecule has 0 saturated carbocycles. The van der Waals surface area contributed by atoms with E-state index in [-0.39, 0.29) is 18.4 Å². The van der Waals surface area contributed by atoms with E-state index in [4.69, 9.17) is 14.2 Å². The number of ether oxygens (including phenoxy) is 3. The third-order valence-electron chi connectivity index (χ3n) is 4.84. The van der Waals surface area contributed by atoms with Crippen LogP contribution < -0.4 is 0 Å². The first-order chi connectivity index (χ1) is 10.1. The van der Waals surface area contributed by atoms with Crippen LogP contribution in [0.4, 0.5) is 0 Å². The van der Waals surface area contributed by atoms with Crippen LogP contribution >= 0.6 is 0 Å². The Bertz CT molecular complexity index is 506. The molecule has 2 heterocycles. The van der Waals surface area contributed by atoms with Gasteiger partial charge in [0, 0.05) is 11.9 Å². The van der Waals surface area contributed by atoms with Gasteiger partial charge in [0.15, 0.2) is 0 Å². The Morgan fingerprint density at radius 3 is 2.95 bits per heavy atom. The van der Waals surface area contributed by atoms with Gasteiger partial charge in [-0.1, -0.05) is 37.3 Å². The molecule has 0 amide bonds. The van der Waals surface area contributed by atoms with Gasteiger partial charge in [-0.2, -0.15) is 0 Å². The minimum Gasteiger partial charge on any atom is -0.461 e. The fourth-order valence-electron chi connectivity index (χ4n) is 3.46. The molecule has 1 aromatic carbocycles. The number of rotatable bonds is 4. The van der Waals surface area contributed by atoms with E-state index in [0.717, 1.165) is 12.2 Å². The van der Waals surface area contributed by atoms with Crippen molar-refractivity contribution >= 4 is 13.8 Å². The van der Waals surface area contributed by atoms with Gasteiger partial charge in [0.05, 0.1) is 19.6 Å². The van der Waals surface area contributed by atoms with E-state index in [2.05, 4.69) is 14.8 Å². The van der Waals surface area contributed by atoms with Crippen molar-refractivity contribution in [2.75, 3.05) is 13.2 Å². The Kier molecular flexibility index (Phi) is 4.04. The van der Waals surface area contributed by atoms with E-state index >= 15 is 0 Å². The maximum atomic E-state index is 12.2. The number of hydrogen-bond donors (Lipinski definition) is 0. The summed E-state index contributed by atoms with van der Waals surface area (Å²) in [4.78, 5) is 12.2. The highest BCUT2D eigenvalue weighted by Gasteiger charge is 2.55. The fourth-order valence-corrected chi connectivity index (χ4v) is 3.46. The molecule has 0 radical (unpaired) electrons. The Morgan fingerprint density at radius 1 is 1.43 bits per heavy atom. The first-order valence-electron chi connectivity index (χ1n) is 7.56. The van der Waals surface area contributed by atoms with Gasteiger partial charge in [-0.15, -0.1) is 0 Å². The topological polar surface area (TPSA) is 44.8 Å². The van der Waals surface area contributed by atoms with Gasteiger partial charge >= 0.3 is 5.97 Å². The van der Waals surface area contributed by atoms with Crippen LogP contribution in [-0.4, -0.2) is 38.6 Å². The zero-order chi connectivity index (χ0) is 14.9. The maximum Gasteiger partial charge on any atom is 0.309 e. The van der Waals surface area contributed by atoms with Crippen LogP contribution in [0.2, 0.25) is 0 Å². The Balaban J connectivity index is 1.59. The van der Waals surface area contributed by atoms with Gasteiger partial charge in [0.1, 0.15) is 20.1 Å². The normalized spacial score (nSPS) is 34.6. The molecule has 5 heteroatoms. The van der Waals surface area contributed by atoms with Crippen LogP contribution in [-0.2, 0) is 25.6 Å². The van der Waals surface area contributed by atoms with Crippen LogP contribution in [0.5, 0.6) is 0 Å². The lowest BCUT2D eigenvalue weighted by molar-refractivity contribution is -0.159. The molecule has 2 fully saturated rings. The molecular formula is C16H21BO4. The number of fused-ring (bicyclic) bond motifs is 2. The largest absolute Gasteiger partial charge is 0.461 e. The lowest BCUT2D eigenvalue weighted by Gasteiger charge is -2.36. The maximum absolute atomic E-state index is 12.2.